The van der Waals surface area contributed by atoms with Gasteiger partial charge in [-0.3, -0.25) is 0 Å². The predicted octanol–water partition coefficient (Wildman–Crippen LogP) is 1.79. The minimum Gasteiger partial charge on any atom is -0.463 e. The van der Waals surface area contributed by atoms with E-state index >= 15 is 0 Å². The van der Waals surface area contributed by atoms with Gasteiger partial charge in [0.15, 0.2) is 5.79 Å². The van der Waals surface area contributed by atoms with Gasteiger partial charge in [-0.15, -0.1) is 0 Å². The number of hydrogen-bond acceptors (Lipinski definition) is 4. The van der Waals surface area contributed by atoms with Crippen LogP contribution in [0.3, 0.4) is 0 Å². The van der Waals surface area contributed by atoms with Crippen LogP contribution in [0.1, 0.15) is 32.6 Å². The molecule has 1 aliphatic carbocycles. The van der Waals surface area contributed by atoms with Gasteiger partial charge in [0.1, 0.15) is 0 Å². The maximum absolute atomic E-state index is 11.6. The first-order valence-corrected chi connectivity index (χ1v) is 5.90. The highest BCUT2D eigenvalue weighted by Crippen LogP contribution is 2.34. The van der Waals surface area contributed by atoms with Crippen LogP contribution in [-0.2, 0) is 19.0 Å². The highest BCUT2D eigenvalue weighted by atomic mass is 16.7. The molecule has 0 aromatic heterocycles. The molecule has 16 heavy (non-hydrogen) atoms. The second-order valence-corrected chi connectivity index (χ2v) is 4.10. The van der Waals surface area contributed by atoms with Crippen molar-refractivity contribution in [2.24, 2.45) is 0 Å². The molecule has 90 valence electrons. The van der Waals surface area contributed by atoms with Crippen LogP contribution in [0.25, 0.3) is 0 Å². The minimum absolute atomic E-state index is 0.197. The van der Waals surface area contributed by atoms with Crippen LogP contribution in [0.4, 0.5) is 0 Å². The van der Waals surface area contributed by atoms with Crippen LogP contribution in [0, 0.1) is 0 Å². The summed E-state index contributed by atoms with van der Waals surface area (Å²) >= 11 is 0. The zero-order chi connectivity index (χ0) is 11.4. The number of ether oxygens (including phenoxy) is 3. The van der Waals surface area contributed by atoms with Crippen molar-refractivity contribution in [3.05, 3.63) is 11.6 Å². The van der Waals surface area contributed by atoms with Crippen molar-refractivity contribution in [3.63, 3.8) is 0 Å². The van der Waals surface area contributed by atoms with Gasteiger partial charge >= 0.3 is 5.97 Å². The van der Waals surface area contributed by atoms with E-state index in [4.69, 9.17) is 14.2 Å². The summed E-state index contributed by atoms with van der Waals surface area (Å²) in [6.45, 7) is 3.57. The third-order valence-corrected chi connectivity index (χ3v) is 3.04. The number of carbonyl (C=O) groups is 1. The van der Waals surface area contributed by atoms with Gasteiger partial charge in [0, 0.05) is 18.4 Å². The van der Waals surface area contributed by atoms with E-state index in [0.29, 0.717) is 26.2 Å². The van der Waals surface area contributed by atoms with E-state index in [2.05, 4.69) is 0 Å². The number of esters is 1. The van der Waals surface area contributed by atoms with E-state index < -0.39 is 5.79 Å². The monoisotopic (exact) mass is 226 g/mol. The number of hydrogen-bond donors (Lipinski definition) is 0. The molecule has 0 N–H and O–H groups in total. The smallest absolute Gasteiger partial charge is 0.333 e. The topological polar surface area (TPSA) is 44.8 Å². The van der Waals surface area contributed by atoms with E-state index in [1.807, 2.05) is 13.0 Å². The fourth-order valence-electron chi connectivity index (χ4n) is 2.21. The van der Waals surface area contributed by atoms with Crippen molar-refractivity contribution >= 4 is 5.97 Å². The SMILES string of the molecule is CCOC(=O)C1=CCCC2(CC1)OCCO2. The molecule has 0 amide bonds. The molecule has 2 aliphatic rings. The summed E-state index contributed by atoms with van der Waals surface area (Å²) in [6, 6.07) is 0. The van der Waals surface area contributed by atoms with Gasteiger partial charge < -0.3 is 14.2 Å². The Morgan fingerprint density at radius 3 is 2.88 bits per heavy atom. The van der Waals surface area contributed by atoms with E-state index in [1.54, 1.807) is 0 Å². The number of rotatable bonds is 2. The lowest BCUT2D eigenvalue weighted by molar-refractivity contribution is -0.164. The predicted molar refractivity (Wildman–Crippen MR) is 57.8 cm³/mol. The minimum atomic E-state index is -0.440. The zero-order valence-electron chi connectivity index (χ0n) is 9.66. The fraction of sp³-hybridized carbons (Fsp3) is 0.750. The van der Waals surface area contributed by atoms with E-state index in [1.165, 1.54) is 0 Å². The van der Waals surface area contributed by atoms with E-state index in [0.717, 1.165) is 24.8 Å². The Labute approximate surface area is 95.6 Å². The Bertz CT molecular complexity index is 289. The Balaban J connectivity index is 1.95. The van der Waals surface area contributed by atoms with Crippen LogP contribution < -0.4 is 0 Å². The molecule has 4 heteroatoms. The summed E-state index contributed by atoms with van der Waals surface area (Å²) in [5.74, 6) is -0.636. The summed E-state index contributed by atoms with van der Waals surface area (Å²) in [5, 5.41) is 0. The molecular formula is C12H18O4. The molecule has 0 aromatic rings. The lowest BCUT2D eigenvalue weighted by Crippen LogP contribution is -2.29. The van der Waals surface area contributed by atoms with Gasteiger partial charge in [0.2, 0.25) is 0 Å². The second-order valence-electron chi connectivity index (χ2n) is 4.10. The lowest BCUT2D eigenvalue weighted by atomic mass is 10.1. The summed E-state index contributed by atoms with van der Waals surface area (Å²) < 4.78 is 16.3. The largest absolute Gasteiger partial charge is 0.463 e. The van der Waals surface area contributed by atoms with Crippen molar-refractivity contribution in [1.82, 2.24) is 0 Å². The first kappa shape index (κ1) is 11.6. The molecule has 0 radical (unpaired) electrons. The van der Waals surface area contributed by atoms with Crippen LogP contribution >= 0.6 is 0 Å². The molecule has 0 atom stereocenters. The van der Waals surface area contributed by atoms with Crippen molar-refractivity contribution < 1.29 is 19.0 Å². The van der Waals surface area contributed by atoms with Crippen molar-refractivity contribution in [3.8, 4) is 0 Å². The third-order valence-electron chi connectivity index (χ3n) is 3.04. The number of carbonyl (C=O) groups excluding carboxylic acids is 1. The molecule has 0 saturated carbocycles. The Morgan fingerprint density at radius 1 is 1.44 bits per heavy atom. The van der Waals surface area contributed by atoms with Crippen LogP contribution in [-0.4, -0.2) is 31.6 Å². The summed E-state index contributed by atoms with van der Waals surface area (Å²) in [4.78, 5) is 11.6. The number of allylic oxidation sites excluding steroid dienone is 1. The van der Waals surface area contributed by atoms with E-state index in [9.17, 15) is 4.79 Å². The van der Waals surface area contributed by atoms with Crippen LogP contribution in [0.5, 0.6) is 0 Å². The summed E-state index contributed by atoms with van der Waals surface area (Å²) in [5.41, 5.74) is 0.762. The van der Waals surface area contributed by atoms with Gasteiger partial charge in [-0.25, -0.2) is 4.79 Å². The van der Waals surface area contributed by atoms with Crippen molar-refractivity contribution in [1.29, 1.82) is 0 Å². The Hall–Kier alpha value is -0.870. The standard InChI is InChI=1S/C12H18O4/c1-2-14-11(13)10-4-3-6-12(7-5-10)15-8-9-16-12/h4H,2-3,5-9H2,1H3. The average molecular weight is 226 g/mol. The molecule has 0 aromatic carbocycles. The van der Waals surface area contributed by atoms with E-state index in [-0.39, 0.29) is 5.97 Å². The first-order valence-electron chi connectivity index (χ1n) is 5.90. The first-order chi connectivity index (χ1) is 7.76. The van der Waals surface area contributed by atoms with Gasteiger partial charge in [-0.2, -0.15) is 0 Å². The highest BCUT2D eigenvalue weighted by Gasteiger charge is 2.37. The second kappa shape index (κ2) is 4.97. The molecule has 1 fully saturated rings. The molecule has 0 bridgehead atoms. The zero-order valence-corrected chi connectivity index (χ0v) is 9.66. The normalized spacial score (nSPS) is 23.9. The molecular weight excluding hydrogens is 208 g/mol. The van der Waals surface area contributed by atoms with Crippen molar-refractivity contribution in [2.75, 3.05) is 19.8 Å². The van der Waals surface area contributed by atoms with Gasteiger partial charge in [0.05, 0.1) is 19.8 Å². The highest BCUT2D eigenvalue weighted by molar-refractivity contribution is 5.88. The van der Waals surface area contributed by atoms with Crippen LogP contribution in [0.2, 0.25) is 0 Å². The van der Waals surface area contributed by atoms with Gasteiger partial charge in [-0.1, -0.05) is 6.08 Å². The van der Waals surface area contributed by atoms with Crippen molar-refractivity contribution in [2.45, 2.75) is 38.4 Å². The average Bonchev–Trinajstić information content (AvgIpc) is 2.61. The lowest BCUT2D eigenvalue weighted by Gasteiger charge is -2.25. The Kier molecular flexibility index (Phi) is 3.61. The molecule has 2 rings (SSSR count). The molecule has 1 aliphatic heterocycles. The molecule has 1 heterocycles. The maximum Gasteiger partial charge on any atom is 0.333 e. The Morgan fingerprint density at radius 2 is 2.19 bits per heavy atom. The molecule has 4 nitrogen and oxygen atoms in total. The summed E-state index contributed by atoms with van der Waals surface area (Å²) in [6.07, 6.45) is 5.03. The molecule has 1 spiro atoms. The summed E-state index contributed by atoms with van der Waals surface area (Å²) in [7, 11) is 0. The quantitative estimate of drug-likeness (QED) is 0.673. The van der Waals surface area contributed by atoms with Gasteiger partial charge in [-0.05, 0) is 19.8 Å². The molecule has 1 saturated heterocycles. The maximum atomic E-state index is 11.6. The van der Waals surface area contributed by atoms with Crippen LogP contribution in [0.15, 0.2) is 11.6 Å². The molecule has 0 unspecified atom stereocenters. The van der Waals surface area contributed by atoms with Gasteiger partial charge in [0.25, 0.3) is 0 Å². The third kappa shape index (κ3) is 2.44. The fourth-order valence-corrected chi connectivity index (χ4v) is 2.21.